The van der Waals surface area contributed by atoms with Crippen LogP contribution in [0.5, 0.6) is 0 Å². The van der Waals surface area contributed by atoms with Gasteiger partial charge in [-0.3, -0.25) is 0 Å². The van der Waals surface area contributed by atoms with Gasteiger partial charge in [-0.05, 0) is 56.7 Å². The molecule has 1 N–H and O–H groups in total. The molecule has 0 radical (unpaired) electrons. The van der Waals surface area contributed by atoms with Crippen molar-refractivity contribution in [2.24, 2.45) is 0 Å². The predicted molar refractivity (Wildman–Crippen MR) is 98.0 cm³/mol. The Bertz CT molecular complexity index is 625. The number of anilines is 1. The highest BCUT2D eigenvalue weighted by Crippen LogP contribution is 2.31. The summed E-state index contributed by atoms with van der Waals surface area (Å²) in [6, 6.07) is 6.10. The first-order chi connectivity index (χ1) is 10.8. The molecule has 0 bridgehead atoms. The van der Waals surface area contributed by atoms with Gasteiger partial charge in [-0.1, -0.05) is 24.6 Å². The van der Waals surface area contributed by atoms with Crippen LogP contribution in [0.15, 0.2) is 18.2 Å². The first kappa shape index (κ1) is 18.6. The molecule has 0 saturated carbocycles. The third-order valence-corrected chi connectivity index (χ3v) is 6.56. The highest BCUT2D eigenvalue weighted by Gasteiger charge is 2.18. The zero-order chi connectivity index (χ0) is 17.0. The molecule has 0 aliphatic carbocycles. The molecule has 0 amide bonds. The van der Waals surface area contributed by atoms with Crippen LogP contribution in [-0.4, -0.2) is 33.3 Å². The predicted octanol–water partition coefficient (Wildman–Crippen LogP) is 3.76. The molecule has 1 aliphatic heterocycles. The van der Waals surface area contributed by atoms with Gasteiger partial charge in [-0.15, -0.1) is 0 Å². The van der Waals surface area contributed by atoms with Crippen molar-refractivity contribution in [1.29, 1.82) is 0 Å². The summed E-state index contributed by atoms with van der Waals surface area (Å²) in [5.74, 6) is 0.0800. The number of nitrogens with one attached hydrogen (secondary N) is 1. The van der Waals surface area contributed by atoms with Gasteiger partial charge < -0.3 is 4.90 Å². The fourth-order valence-corrected chi connectivity index (χ4v) is 3.87. The lowest BCUT2D eigenvalue weighted by molar-refractivity contribution is 0.566. The Kier molecular flexibility index (Phi) is 6.34. The van der Waals surface area contributed by atoms with Gasteiger partial charge in [0, 0.05) is 19.6 Å². The highest BCUT2D eigenvalue weighted by molar-refractivity contribution is 7.90. The molecular weight excluding hydrogens is 332 g/mol. The Labute approximate surface area is 145 Å². The second kappa shape index (κ2) is 7.86. The molecule has 4 nitrogen and oxygen atoms in total. The number of piperidine rings is 1. The van der Waals surface area contributed by atoms with Crippen LogP contribution in [-0.2, 0) is 10.0 Å². The molecule has 23 heavy (non-hydrogen) atoms. The molecule has 1 unspecified atom stereocenters. The minimum absolute atomic E-state index is 0.0800. The largest absolute Gasteiger partial charge is 0.370 e. The normalized spacial score (nSPS) is 17.5. The van der Waals surface area contributed by atoms with E-state index in [2.05, 4.69) is 21.8 Å². The van der Waals surface area contributed by atoms with Crippen molar-refractivity contribution < 1.29 is 8.42 Å². The van der Waals surface area contributed by atoms with Crippen molar-refractivity contribution in [3.8, 4) is 0 Å². The second-order valence-corrected chi connectivity index (χ2v) is 9.33. The van der Waals surface area contributed by atoms with Gasteiger partial charge in [-0.2, -0.15) is 0 Å². The van der Waals surface area contributed by atoms with E-state index in [4.69, 9.17) is 11.6 Å². The smallest absolute Gasteiger partial charge is 0.213 e. The zero-order valence-electron chi connectivity index (χ0n) is 14.2. The molecule has 130 valence electrons. The Hall–Kier alpha value is -0.780. The van der Waals surface area contributed by atoms with E-state index in [1.54, 1.807) is 13.8 Å². The van der Waals surface area contributed by atoms with Crippen LogP contribution < -0.4 is 9.62 Å². The van der Waals surface area contributed by atoms with Crippen LogP contribution in [0.2, 0.25) is 5.02 Å². The molecule has 1 aromatic rings. The number of benzene rings is 1. The van der Waals surface area contributed by atoms with Crippen LogP contribution in [0.25, 0.3) is 0 Å². The van der Waals surface area contributed by atoms with Crippen LogP contribution in [0.1, 0.15) is 51.5 Å². The van der Waals surface area contributed by atoms with Crippen molar-refractivity contribution in [2.75, 3.05) is 24.5 Å². The fraction of sp³-hybridized carbons (Fsp3) is 0.647. The summed E-state index contributed by atoms with van der Waals surface area (Å²) in [7, 11) is -3.23. The first-order valence-electron chi connectivity index (χ1n) is 8.34. The Morgan fingerprint density at radius 3 is 2.39 bits per heavy atom. The first-order valence-corrected chi connectivity index (χ1v) is 10.3. The molecule has 1 saturated heterocycles. The van der Waals surface area contributed by atoms with Gasteiger partial charge in [0.05, 0.1) is 16.0 Å². The Morgan fingerprint density at radius 2 is 1.83 bits per heavy atom. The number of nitrogens with zero attached hydrogens (tertiary/aromatic N) is 1. The van der Waals surface area contributed by atoms with E-state index in [-0.39, 0.29) is 5.92 Å². The quantitative estimate of drug-likeness (QED) is 0.842. The van der Waals surface area contributed by atoms with Crippen molar-refractivity contribution >= 4 is 27.3 Å². The zero-order valence-corrected chi connectivity index (χ0v) is 15.8. The fourth-order valence-electron chi connectivity index (χ4n) is 2.75. The standard InChI is InChI=1S/C17H27ClN2O2S/c1-13(2)23(21,22)19-12-14(3)15-7-8-17(16(18)11-15)20-9-5-4-6-10-20/h7-8,11,13-14,19H,4-6,9-10,12H2,1-3H3. The van der Waals surface area contributed by atoms with Gasteiger partial charge >= 0.3 is 0 Å². The monoisotopic (exact) mass is 358 g/mol. The van der Waals surface area contributed by atoms with E-state index in [1.807, 2.05) is 13.0 Å². The minimum atomic E-state index is -3.23. The van der Waals surface area contributed by atoms with Crippen LogP contribution >= 0.6 is 11.6 Å². The third kappa shape index (κ3) is 4.85. The van der Waals surface area contributed by atoms with Gasteiger partial charge in [0.15, 0.2) is 0 Å². The lowest BCUT2D eigenvalue weighted by Gasteiger charge is -2.30. The summed E-state index contributed by atoms with van der Waals surface area (Å²) in [5, 5.41) is 0.336. The number of hydrogen-bond donors (Lipinski definition) is 1. The second-order valence-electron chi connectivity index (χ2n) is 6.60. The molecule has 2 rings (SSSR count). The number of hydrogen-bond acceptors (Lipinski definition) is 3. The van der Waals surface area contributed by atoms with Crippen molar-refractivity contribution in [2.45, 2.75) is 51.2 Å². The molecule has 1 fully saturated rings. The maximum absolute atomic E-state index is 11.8. The summed E-state index contributed by atoms with van der Waals surface area (Å²) in [6.45, 7) is 7.87. The summed E-state index contributed by atoms with van der Waals surface area (Å²) in [6.07, 6.45) is 3.72. The average molecular weight is 359 g/mol. The van der Waals surface area contributed by atoms with Crippen molar-refractivity contribution in [1.82, 2.24) is 4.72 Å². The van der Waals surface area contributed by atoms with Gasteiger partial charge in [0.1, 0.15) is 0 Å². The number of sulfonamides is 1. The van der Waals surface area contributed by atoms with Crippen LogP contribution in [0, 0.1) is 0 Å². The van der Waals surface area contributed by atoms with Crippen molar-refractivity contribution in [3.63, 3.8) is 0 Å². The van der Waals surface area contributed by atoms with Crippen LogP contribution in [0.3, 0.4) is 0 Å². The summed E-state index contributed by atoms with van der Waals surface area (Å²) >= 11 is 6.47. The molecule has 1 heterocycles. The lowest BCUT2D eigenvalue weighted by Crippen LogP contribution is -2.33. The van der Waals surface area contributed by atoms with E-state index in [0.717, 1.165) is 29.4 Å². The average Bonchev–Trinajstić information content (AvgIpc) is 2.53. The maximum atomic E-state index is 11.8. The van der Waals surface area contributed by atoms with Gasteiger partial charge in [0.25, 0.3) is 0 Å². The molecule has 0 spiro atoms. The SMILES string of the molecule is CC(CNS(=O)(=O)C(C)C)c1ccc(N2CCCCC2)c(Cl)c1. The molecule has 0 aromatic heterocycles. The molecule has 6 heteroatoms. The topological polar surface area (TPSA) is 49.4 Å². The maximum Gasteiger partial charge on any atom is 0.213 e. The Balaban J connectivity index is 2.04. The third-order valence-electron chi connectivity index (χ3n) is 4.45. The lowest BCUT2D eigenvalue weighted by atomic mass is 10.0. The summed E-state index contributed by atoms with van der Waals surface area (Å²) in [5.41, 5.74) is 2.15. The van der Waals surface area contributed by atoms with E-state index in [1.165, 1.54) is 19.3 Å². The van der Waals surface area contributed by atoms with Crippen molar-refractivity contribution in [3.05, 3.63) is 28.8 Å². The van der Waals surface area contributed by atoms with E-state index in [9.17, 15) is 8.42 Å². The number of rotatable bonds is 6. The molecular formula is C17H27ClN2O2S. The highest BCUT2D eigenvalue weighted by atomic mass is 35.5. The Morgan fingerprint density at radius 1 is 1.17 bits per heavy atom. The van der Waals surface area contributed by atoms with Crippen LogP contribution in [0.4, 0.5) is 5.69 Å². The van der Waals surface area contributed by atoms with E-state index >= 15 is 0 Å². The summed E-state index contributed by atoms with van der Waals surface area (Å²) in [4.78, 5) is 2.34. The molecule has 1 atom stereocenters. The van der Waals surface area contributed by atoms with Gasteiger partial charge in [0.2, 0.25) is 10.0 Å². The van der Waals surface area contributed by atoms with E-state index in [0.29, 0.717) is 6.54 Å². The minimum Gasteiger partial charge on any atom is -0.370 e. The molecule has 1 aromatic carbocycles. The summed E-state index contributed by atoms with van der Waals surface area (Å²) < 4.78 is 26.4. The number of halogens is 1. The van der Waals surface area contributed by atoms with Gasteiger partial charge in [-0.25, -0.2) is 13.1 Å². The van der Waals surface area contributed by atoms with E-state index < -0.39 is 15.3 Å². The molecule has 1 aliphatic rings.